The Hall–Kier alpha value is -1.49. The molecule has 15 heavy (non-hydrogen) atoms. The Bertz CT molecular complexity index is 305. The van der Waals surface area contributed by atoms with Gasteiger partial charge in [-0.2, -0.15) is 0 Å². The van der Waals surface area contributed by atoms with Crippen molar-refractivity contribution in [1.82, 2.24) is 10.3 Å². The van der Waals surface area contributed by atoms with Crippen LogP contribution in [0.25, 0.3) is 0 Å². The van der Waals surface area contributed by atoms with Gasteiger partial charge in [-0.25, -0.2) is 10.8 Å². The third-order valence-corrected chi connectivity index (χ3v) is 1.84. The van der Waals surface area contributed by atoms with Gasteiger partial charge in [0.15, 0.2) is 0 Å². The van der Waals surface area contributed by atoms with E-state index in [4.69, 9.17) is 10.3 Å². The predicted octanol–water partition coefficient (Wildman–Crippen LogP) is 0.939. The highest BCUT2D eigenvalue weighted by Crippen LogP contribution is 2.04. The van der Waals surface area contributed by atoms with Crippen LogP contribution in [0.4, 0.5) is 0 Å². The minimum absolute atomic E-state index is 0.204. The summed E-state index contributed by atoms with van der Waals surface area (Å²) < 4.78 is 5.24. The lowest BCUT2D eigenvalue weighted by Crippen LogP contribution is -2.42. The van der Waals surface area contributed by atoms with Crippen LogP contribution >= 0.6 is 0 Å². The number of nitrogens with two attached hydrogens (primary N) is 1. The molecule has 0 radical (unpaired) electrons. The highest BCUT2D eigenvalue weighted by molar-refractivity contribution is 5.79. The summed E-state index contributed by atoms with van der Waals surface area (Å²) in [5.41, 5.74) is 2.58. The largest absolute Gasteiger partial charge is 0.467 e. The smallest absolute Gasteiger partial charge is 0.208 e. The second-order valence-corrected chi connectivity index (χ2v) is 3.63. The van der Waals surface area contributed by atoms with Gasteiger partial charge >= 0.3 is 0 Å². The Balaban J connectivity index is 2.61. The number of nitrogens with zero attached hydrogens (tertiary/aromatic N) is 2. The second-order valence-electron chi connectivity index (χ2n) is 3.63. The average Bonchev–Trinajstić information content (AvgIpc) is 2.66. The zero-order valence-electron chi connectivity index (χ0n) is 9.40. The zero-order valence-corrected chi connectivity index (χ0v) is 9.40. The SMILES string of the molecule is CC(C)N=C(NN)N(C)Cc1ccco1. The highest BCUT2D eigenvalue weighted by atomic mass is 16.3. The number of nitrogens with one attached hydrogen (secondary N) is 1. The Morgan fingerprint density at radius 2 is 2.40 bits per heavy atom. The molecule has 5 nitrogen and oxygen atoms in total. The number of hydrazine groups is 1. The first-order valence-electron chi connectivity index (χ1n) is 4.91. The molecule has 0 aliphatic heterocycles. The van der Waals surface area contributed by atoms with E-state index in [1.54, 1.807) is 6.26 Å². The van der Waals surface area contributed by atoms with Crippen molar-refractivity contribution in [3.05, 3.63) is 24.2 Å². The summed E-state index contributed by atoms with van der Waals surface area (Å²) in [5, 5.41) is 0. The second kappa shape index (κ2) is 5.41. The standard InChI is InChI=1S/C10H18N4O/c1-8(2)12-10(13-11)14(3)7-9-5-4-6-15-9/h4-6,8H,7,11H2,1-3H3,(H,12,13). The van der Waals surface area contributed by atoms with E-state index < -0.39 is 0 Å². The van der Waals surface area contributed by atoms with Crippen LogP contribution in [0.5, 0.6) is 0 Å². The van der Waals surface area contributed by atoms with Crippen LogP contribution in [0, 0.1) is 0 Å². The van der Waals surface area contributed by atoms with Crippen LogP contribution in [-0.4, -0.2) is 23.9 Å². The molecular formula is C10H18N4O. The summed E-state index contributed by atoms with van der Waals surface area (Å²) in [6, 6.07) is 3.98. The molecule has 0 bridgehead atoms. The van der Waals surface area contributed by atoms with Gasteiger partial charge in [-0.15, -0.1) is 0 Å². The molecule has 0 aromatic carbocycles. The Morgan fingerprint density at radius 1 is 1.67 bits per heavy atom. The fourth-order valence-electron chi connectivity index (χ4n) is 1.20. The van der Waals surface area contributed by atoms with Gasteiger partial charge in [0.1, 0.15) is 5.76 Å². The van der Waals surface area contributed by atoms with Gasteiger partial charge in [-0.1, -0.05) is 0 Å². The van der Waals surface area contributed by atoms with E-state index in [1.807, 2.05) is 37.9 Å². The van der Waals surface area contributed by atoms with E-state index in [1.165, 1.54) is 0 Å². The molecule has 0 aliphatic rings. The van der Waals surface area contributed by atoms with Crippen LogP contribution in [0.15, 0.2) is 27.8 Å². The lowest BCUT2D eigenvalue weighted by molar-refractivity contribution is 0.399. The summed E-state index contributed by atoms with van der Waals surface area (Å²) in [5.74, 6) is 6.93. The molecule has 84 valence electrons. The summed E-state index contributed by atoms with van der Waals surface area (Å²) >= 11 is 0. The normalized spacial score (nSPS) is 11.9. The molecule has 1 heterocycles. The minimum Gasteiger partial charge on any atom is -0.467 e. The fraction of sp³-hybridized carbons (Fsp3) is 0.500. The first kappa shape index (κ1) is 11.6. The number of hydrogen-bond acceptors (Lipinski definition) is 3. The zero-order chi connectivity index (χ0) is 11.3. The van der Waals surface area contributed by atoms with E-state index in [0.29, 0.717) is 12.5 Å². The van der Waals surface area contributed by atoms with E-state index >= 15 is 0 Å². The van der Waals surface area contributed by atoms with Crippen LogP contribution in [0.2, 0.25) is 0 Å². The Morgan fingerprint density at radius 3 is 2.87 bits per heavy atom. The average molecular weight is 210 g/mol. The molecule has 0 saturated heterocycles. The first-order chi connectivity index (χ1) is 7.13. The first-order valence-corrected chi connectivity index (χ1v) is 4.91. The van der Waals surface area contributed by atoms with E-state index in [2.05, 4.69) is 10.4 Å². The van der Waals surface area contributed by atoms with Crippen molar-refractivity contribution in [3.8, 4) is 0 Å². The van der Waals surface area contributed by atoms with Crippen molar-refractivity contribution in [2.75, 3.05) is 7.05 Å². The van der Waals surface area contributed by atoms with Gasteiger partial charge in [-0.05, 0) is 26.0 Å². The Labute approximate surface area is 89.9 Å². The predicted molar refractivity (Wildman–Crippen MR) is 60.1 cm³/mol. The molecule has 3 N–H and O–H groups in total. The third kappa shape index (κ3) is 3.63. The van der Waals surface area contributed by atoms with E-state index in [-0.39, 0.29) is 6.04 Å². The molecule has 5 heteroatoms. The van der Waals surface area contributed by atoms with Crippen molar-refractivity contribution < 1.29 is 4.42 Å². The van der Waals surface area contributed by atoms with Crippen molar-refractivity contribution in [1.29, 1.82) is 0 Å². The number of rotatable bonds is 3. The summed E-state index contributed by atoms with van der Waals surface area (Å²) in [7, 11) is 1.91. The van der Waals surface area contributed by atoms with Gasteiger partial charge in [0.05, 0.1) is 12.8 Å². The molecule has 1 aromatic heterocycles. The summed E-state index contributed by atoms with van der Waals surface area (Å²) in [4.78, 5) is 6.24. The molecule has 0 aliphatic carbocycles. The Kier molecular flexibility index (Phi) is 4.17. The molecule has 1 aromatic rings. The molecule has 0 spiro atoms. The van der Waals surface area contributed by atoms with Gasteiger partial charge in [0.25, 0.3) is 0 Å². The van der Waals surface area contributed by atoms with Crippen LogP contribution in [0.3, 0.4) is 0 Å². The van der Waals surface area contributed by atoms with Gasteiger partial charge < -0.3 is 9.32 Å². The maximum atomic E-state index is 5.40. The van der Waals surface area contributed by atoms with E-state index in [9.17, 15) is 0 Å². The van der Waals surface area contributed by atoms with Gasteiger partial charge in [-0.3, -0.25) is 5.43 Å². The number of hydrogen-bond donors (Lipinski definition) is 2. The number of aliphatic imine (C=N–C) groups is 1. The molecule has 0 atom stereocenters. The summed E-state index contributed by atoms with van der Waals surface area (Å²) in [6.45, 7) is 4.64. The lowest BCUT2D eigenvalue weighted by Gasteiger charge is -2.20. The van der Waals surface area contributed by atoms with Crippen molar-refractivity contribution in [3.63, 3.8) is 0 Å². The number of guanidine groups is 1. The van der Waals surface area contributed by atoms with Crippen LogP contribution in [-0.2, 0) is 6.54 Å². The van der Waals surface area contributed by atoms with Crippen LogP contribution < -0.4 is 11.3 Å². The lowest BCUT2D eigenvalue weighted by atomic mass is 10.4. The molecule has 1 rings (SSSR count). The third-order valence-electron chi connectivity index (χ3n) is 1.84. The quantitative estimate of drug-likeness (QED) is 0.337. The summed E-state index contributed by atoms with van der Waals surface area (Å²) in [6.07, 6.45) is 1.65. The highest BCUT2D eigenvalue weighted by Gasteiger charge is 2.07. The molecule has 0 fully saturated rings. The monoisotopic (exact) mass is 210 g/mol. The fourth-order valence-corrected chi connectivity index (χ4v) is 1.20. The van der Waals surface area contributed by atoms with Crippen LogP contribution in [0.1, 0.15) is 19.6 Å². The maximum Gasteiger partial charge on any atom is 0.208 e. The topological polar surface area (TPSA) is 66.8 Å². The van der Waals surface area contributed by atoms with Crippen molar-refractivity contribution in [2.24, 2.45) is 10.8 Å². The van der Waals surface area contributed by atoms with Gasteiger partial charge in [0.2, 0.25) is 5.96 Å². The number of furan rings is 1. The van der Waals surface area contributed by atoms with Gasteiger partial charge in [0, 0.05) is 13.1 Å². The van der Waals surface area contributed by atoms with E-state index in [0.717, 1.165) is 5.76 Å². The van der Waals surface area contributed by atoms with Crippen molar-refractivity contribution in [2.45, 2.75) is 26.4 Å². The maximum absolute atomic E-state index is 5.40. The van der Waals surface area contributed by atoms with Crippen molar-refractivity contribution >= 4 is 5.96 Å². The molecule has 0 unspecified atom stereocenters. The molecule has 0 saturated carbocycles. The molecular weight excluding hydrogens is 192 g/mol. The minimum atomic E-state index is 0.204. The molecule has 0 amide bonds.